The van der Waals surface area contributed by atoms with E-state index in [0.29, 0.717) is 19.3 Å². The van der Waals surface area contributed by atoms with Crippen LogP contribution in [0.1, 0.15) is 18.4 Å². The van der Waals surface area contributed by atoms with Gasteiger partial charge in [0.05, 0.1) is 0 Å². The first-order valence-corrected chi connectivity index (χ1v) is 12.5. The summed E-state index contributed by atoms with van der Waals surface area (Å²) in [6.07, 6.45) is 1.43. The average Bonchev–Trinajstić information content (AvgIpc) is 2.67. The number of benzene rings is 2. The second-order valence-corrected chi connectivity index (χ2v) is 11.3. The lowest BCUT2D eigenvalue weighted by Crippen LogP contribution is -2.40. The van der Waals surface area contributed by atoms with Crippen LogP contribution in [-0.4, -0.2) is 34.2 Å². The zero-order valence-electron chi connectivity index (χ0n) is 15.3. The highest BCUT2D eigenvalue weighted by Crippen LogP contribution is 2.34. The highest BCUT2D eigenvalue weighted by Gasteiger charge is 2.40. The molecular formula is C18H16ClF4NO4S2. The zero-order chi connectivity index (χ0) is 22.3. The molecule has 0 radical (unpaired) electrons. The Morgan fingerprint density at radius 1 is 0.833 bits per heavy atom. The van der Waals surface area contributed by atoms with Crippen molar-refractivity contribution in [2.45, 2.75) is 29.1 Å². The molecule has 0 atom stereocenters. The van der Waals surface area contributed by atoms with Crippen LogP contribution in [0.3, 0.4) is 0 Å². The molecule has 0 amide bonds. The molecule has 5 nitrogen and oxygen atoms in total. The van der Waals surface area contributed by atoms with E-state index in [9.17, 15) is 34.4 Å². The molecule has 0 spiro atoms. The number of sulfonamides is 1. The van der Waals surface area contributed by atoms with Crippen molar-refractivity contribution in [3.05, 3.63) is 59.2 Å². The third-order valence-corrected chi connectivity index (χ3v) is 8.19. The minimum atomic E-state index is -5.20. The lowest BCUT2D eigenvalue weighted by Gasteiger charge is -2.31. The molecule has 12 heteroatoms. The quantitative estimate of drug-likeness (QED) is 0.367. The molecule has 1 heterocycles. The lowest BCUT2D eigenvalue weighted by atomic mass is 9.91. The van der Waals surface area contributed by atoms with Gasteiger partial charge in [0.15, 0.2) is 33.1 Å². The smallest absolute Gasteiger partial charge is 0.207 e. The van der Waals surface area contributed by atoms with Crippen LogP contribution in [0.15, 0.2) is 40.1 Å². The van der Waals surface area contributed by atoms with Crippen LogP contribution < -0.4 is 0 Å². The molecule has 0 N–H and O–H groups in total. The van der Waals surface area contributed by atoms with E-state index in [1.165, 1.54) is 0 Å². The normalized spacial score (nSPS) is 16.7. The number of hydrogen-bond donors (Lipinski definition) is 0. The first kappa shape index (κ1) is 23.0. The van der Waals surface area contributed by atoms with Crippen molar-refractivity contribution >= 4 is 29.8 Å². The van der Waals surface area contributed by atoms with Crippen molar-refractivity contribution in [2.75, 3.05) is 13.1 Å². The standard InChI is InChI=1S/C18H16ClF4NO4S2/c19-29(25,26)17-13(20)15(22)18(16(23)14(17)21)30(27,28)24-8-6-12(7-9-24)10-11-4-2-1-3-5-11/h1-5,12H,6-10H2. The number of piperidine rings is 1. The number of hydrogen-bond acceptors (Lipinski definition) is 4. The molecule has 1 saturated heterocycles. The van der Waals surface area contributed by atoms with Crippen LogP contribution in [0, 0.1) is 29.2 Å². The van der Waals surface area contributed by atoms with E-state index in [2.05, 4.69) is 0 Å². The Hall–Kier alpha value is -1.69. The molecule has 1 aliphatic heterocycles. The molecule has 0 aromatic heterocycles. The van der Waals surface area contributed by atoms with Crippen LogP contribution >= 0.6 is 10.7 Å². The number of rotatable bonds is 5. The van der Waals surface area contributed by atoms with Gasteiger partial charge in [0.25, 0.3) is 9.05 Å². The Morgan fingerprint density at radius 3 is 1.77 bits per heavy atom. The highest BCUT2D eigenvalue weighted by molar-refractivity contribution is 8.13. The van der Waals surface area contributed by atoms with Crippen LogP contribution in [0.5, 0.6) is 0 Å². The van der Waals surface area contributed by atoms with Crippen LogP contribution in [0.4, 0.5) is 17.6 Å². The van der Waals surface area contributed by atoms with Gasteiger partial charge >= 0.3 is 0 Å². The van der Waals surface area contributed by atoms with Gasteiger partial charge in [0.2, 0.25) is 10.0 Å². The molecule has 1 aliphatic rings. The van der Waals surface area contributed by atoms with Gasteiger partial charge in [0.1, 0.15) is 0 Å². The Kier molecular flexibility index (Phi) is 6.47. The Balaban J connectivity index is 1.88. The summed E-state index contributed by atoms with van der Waals surface area (Å²) in [4.78, 5) is -3.94. The van der Waals surface area contributed by atoms with Gasteiger partial charge in [-0.25, -0.2) is 34.4 Å². The van der Waals surface area contributed by atoms with Gasteiger partial charge in [-0.05, 0) is 30.7 Å². The van der Waals surface area contributed by atoms with Crippen LogP contribution in [0.2, 0.25) is 0 Å². The molecule has 3 rings (SSSR count). The summed E-state index contributed by atoms with van der Waals surface area (Å²) in [5.74, 6) is -9.33. The van der Waals surface area contributed by atoms with Gasteiger partial charge < -0.3 is 0 Å². The summed E-state index contributed by atoms with van der Waals surface area (Å²) in [6.45, 7) is -0.227. The fourth-order valence-electron chi connectivity index (χ4n) is 3.46. The van der Waals surface area contributed by atoms with E-state index in [1.807, 2.05) is 30.3 Å². The first-order valence-electron chi connectivity index (χ1n) is 8.79. The minimum Gasteiger partial charge on any atom is -0.207 e. The van der Waals surface area contributed by atoms with Crippen molar-refractivity contribution < 1.29 is 34.4 Å². The third-order valence-electron chi connectivity index (χ3n) is 4.97. The Labute approximate surface area is 175 Å². The zero-order valence-corrected chi connectivity index (χ0v) is 17.7. The summed E-state index contributed by atoms with van der Waals surface area (Å²) in [5, 5.41) is 0. The van der Waals surface area contributed by atoms with E-state index in [4.69, 9.17) is 10.7 Å². The van der Waals surface area contributed by atoms with Crippen LogP contribution in [0.25, 0.3) is 0 Å². The fraction of sp³-hybridized carbons (Fsp3) is 0.333. The lowest BCUT2D eigenvalue weighted by molar-refractivity contribution is 0.270. The van der Waals surface area contributed by atoms with E-state index in [-0.39, 0.29) is 19.0 Å². The molecule has 1 fully saturated rings. The second-order valence-electron chi connectivity index (χ2n) is 6.89. The summed E-state index contributed by atoms with van der Waals surface area (Å²) in [5.41, 5.74) is 1.05. The topological polar surface area (TPSA) is 71.5 Å². The molecule has 30 heavy (non-hydrogen) atoms. The van der Waals surface area contributed by atoms with Gasteiger partial charge in [0, 0.05) is 23.8 Å². The van der Waals surface area contributed by atoms with Crippen molar-refractivity contribution in [3.63, 3.8) is 0 Å². The molecule has 0 unspecified atom stereocenters. The Bertz CT molecular complexity index is 1140. The summed E-state index contributed by atoms with van der Waals surface area (Å²) in [7, 11) is -5.35. The monoisotopic (exact) mass is 485 g/mol. The molecular weight excluding hydrogens is 470 g/mol. The fourth-order valence-corrected chi connectivity index (χ4v) is 6.06. The number of halogens is 5. The minimum absolute atomic E-state index is 0.114. The summed E-state index contributed by atoms with van der Waals surface area (Å²) < 4.78 is 105. The maximum absolute atomic E-state index is 14.3. The van der Waals surface area contributed by atoms with Gasteiger partial charge in [-0.3, -0.25) is 0 Å². The summed E-state index contributed by atoms with van der Waals surface area (Å²) in [6, 6.07) is 9.45. The van der Waals surface area contributed by atoms with Crippen molar-refractivity contribution in [1.29, 1.82) is 0 Å². The number of nitrogens with zero attached hydrogens (tertiary/aromatic N) is 1. The maximum atomic E-state index is 14.3. The molecule has 0 saturated carbocycles. The van der Waals surface area contributed by atoms with E-state index in [1.54, 1.807) is 0 Å². The molecule has 164 valence electrons. The molecule has 2 aromatic carbocycles. The maximum Gasteiger partial charge on any atom is 0.267 e. The first-order chi connectivity index (χ1) is 13.9. The molecule has 0 bridgehead atoms. The highest BCUT2D eigenvalue weighted by atomic mass is 35.7. The average molecular weight is 486 g/mol. The van der Waals surface area contributed by atoms with E-state index < -0.39 is 52.1 Å². The van der Waals surface area contributed by atoms with Crippen molar-refractivity contribution in [3.8, 4) is 0 Å². The van der Waals surface area contributed by atoms with Crippen molar-refractivity contribution in [2.24, 2.45) is 5.92 Å². The van der Waals surface area contributed by atoms with Gasteiger partial charge in [-0.15, -0.1) is 0 Å². The second kappa shape index (κ2) is 8.45. The SMILES string of the molecule is O=S(=O)(Cl)c1c(F)c(F)c(S(=O)(=O)N2CCC(Cc3ccccc3)CC2)c(F)c1F. The Morgan fingerprint density at radius 2 is 1.30 bits per heavy atom. The predicted molar refractivity (Wildman–Crippen MR) is 101 cm³/mol. The van der Waals surface area contributed by atoms with Gasteiger partial charge in [-0.1, -0.05) is 30.3 Å². The largest absolute Gasteiger partial charge is 0.267 e. The van der Waals surface area contributed by atoms with E-state index in [0.717, 1.165) is 9.87 Å². The van der Waals surface area contributed by atoms with Gasteiger partial charge in [-0.2, -0.15) is 4.31 Å². The molecule has 0 aliphatic carbocycles. The van der Waals surface area contributed by atoms with E-state index >= 15 is 0 Å². The van der Waals surface area contributed by atoms with Crippen LogP contribution in [-0.2, 0) is 25.5 Å². The third kappa shape index (κ3) is 4.34. The molecule has 2 aromatic rings. The summed E-state index contributed by atoms with van der Waals surface area (Å²) >= 11 is 0. The predicted octanol–water partition coefficient (Wildman–Crippen LogP) is 3.81. The van der Waals surface area contributed by atoms with Crippen molar-refractivity contribution in [1.82, 2.24) is 4.31 Å².